The van der Waals surface area contributed by atoms with Crippen LogP contribution in [0.2, 0.25) is 0 Å². The van der Waals surface area contributed by atoms with E-state index in [4.69, 9.17) is 15.9 Å². The van der Waals surface area contributed by atoms with Crippen molar-refractivity contribution in [1.29, 1.82) is 5.41 Å². The van der Waals surface area contributed by atoms with Crippen LogP contribution in [0.1, 0.15) is 12.0 Å². The number of rotatable bonds is 5. The van der Waals surface area contributed by atoms with Crippen LogP contribution in [0.25, 0.3) is 0 Å². The fraction of sp³-hybridized carbons (Fsp3) is 0.300. The van der Waals surface area contributed by atoms with Crippen molar-refractivity contribution in [3.63, 3.8) is 0 Å². The van der Waals surface area contributed by atoms with Crippen LogP contribution >= 0.6 is 0 Å². The molecule has 3 heteroatoms. The van der Waals surface area contributed by atoms with Crippen LogP contribution < -0.4 is 5.73 Å². The lowest BCUT2D eigenvalue weighted by Crippen LogP contribution is -2.12. The number of hydrogen-bond acceptors (Lipinski definition) is 2. The fourth-order valence-electron chi connectivity index (χ4n) is 0.946. The summed E-state index contributed by atoms with van der Waals surface area (Å²) in [4.78, 5) is 0. The maximum atomic E-state index is 6.98. The number of benzene rings is 1. The molecule has 3 nitrogen and oxygen atoms in total. The summed E-state index contributed by atoms with van der Waals surface area (Å²) in [5.41, 5.74) is 6.32. The van der Waals surface area contributed by atoms with Crippen LogP contribution in [0.15, 0.2) is 30.3 Å². The molecule has 1 aromatic carbocycles. The maximum Gasteiger partial charge on any atom is 0.0928 e. The van der Waals surface area contributed by atoms with Crippen molar-refractivity contribution in [2.75, 3.05) is 6.61 Å². The molecule has 0 aliphatic heterocycles. The van der Waals surface area contributed by atoms with E-state index < -0.39 is 0 Å². The van der Waals surface area contributed by atoms with Gasteiger partial charge in [0.2, 0.25) is 0 Å². The molecule has 0 heterocycles. The SMILES string of the molecule is N=C(N)CCOCc1ccccc1. The Morgan fingerprint density at radius 2 is 2.00 bits per heavy atom. The van der Waals surface area contributed by atoms with Gasteiger partial charge in [0.05, 0.1) is 19.0 Å². The average Bonchev–Trinajstić information content (AvgIpc) is 2.14. The number of nitrogens with one attached hydrogen (secondary N) is 1. The Balaban J connectivity index is 2.17. The summed E-state index contributed by atoms with van der Waals surface area (Å²) in [5.74, 6) is 0.174. The van der Waals surface area contributed by atoms with Crippen LogP contribution in [0.4, 0.5) is 0 Å². The minimum atomic E-state index is 0.174. The van der Waals surface area contributed by atoms with E-state index in [9.17, 15) is 0 Å². The van der Waals surface area contributed by atoms with Crippen molar-refractivity contribution in [2.45, 2.75) is 13.0 Å². The van der Waals surface area contributed by atoms with Crippen molar-refractivity contribution < 1.29 is 4.74 Å². The van der Waals surface area contributed by atoms with Gasteiger partial charge in [-0.15, -0.1) is 0 Å². The molecule has 1 rings (SSSR count). The molecule has 0 aliphatic rings. The lowest BCUT2D eigenvalue weighted by atomic mass is 10.2. The molecule has 0 amide bonds. The Labute approximate surface area is 78.0 Å². The number of nitrogens with two attached hydrogens (primary N) is 1. The second-order valence-corrected chi connectivity index (χ2v) is 2.81. The van der Waals surface area contributed by atoms with E-state index in [-0.39, 0.29) is 5.84 Å². The third-order valence-corrected chi connectivity index (χ3v) is 1.63. The van der Waals surface area contributed by atoms with E-state index in [0.717, 1.165) is 5.56 Å². The molecule has 0 unspecified atom stereocenters. The van der Waals surface area contributed by atoms with E-state index >= 15 is 0 Å². The molecule has 0 saturated heterocycles. The summed E-state index contributed by atoms with van der Waals surface area (Å²) in [7, 11) is 0. The second kappa shape index (κ2) is 5.32. The molecule has 0 saturated carbocycles. The highest BCUT2D eigenvalue weighted by molar-refractivity contribution is 5.76. The molecule has 0 aliphatic carbocycles. The normalized spacial score (nSPS) is 9.85. The Morgan fingerprint density at radius 3 is 2.62 bits per heavy atom. The zero-order chi connectivity index (χ0) is 9.52. The molecule has 3 N–H and O–H groups in total. The van der Waals surface area contributed by atoms with Gasteiger partial charge < -0.3 is 10.5 Å². The summed E-state index contributed by atoms with van der Waals surface area (Å²) < 4.78 is 5.31. The number of hydrogen-bond donors (Lipinski definition) is 2. The molecular weight excluding hydrogens is 164 g/mol. The van der Waals surface area contributed by atoms with Crippen LogP contribution in [-0.4, -0.2) is 12.4 Å². The molecule has 0 radical (unpaired) electrons. The van der Waals surface area contributed by atoms with Gasteiger partial charge in [0, 0.05) is 6.42 Å². The van der Waals surface area contributed by atoms with Crippen LogP contribution in [0.5, 0.6) is 0 Å². The highest BCUT2D eigenvalue weighted by atomic mass is 16.5. The zero-order valence-corrected chi connectivity index (χ0v) is 7.49. The van der Waals surface area contributed by atoms with Gasteiger partial charge in [-0.25, -0.2) is 0 Å². The van der Waals surface area contributed by atoms with Crippen molar-refractivity contribution in [2.24, 2.45) is 5.73 Å². The van der Waals surface area contributed by atoms with Gasteiger partial charge >= 0.3 is 0 Å². The molecule has 70 valence electrons. The lowest BCUT2D eigenvalue weighted by Gasteiger charge is -2.02. The Kier molecular flexibility index (Phi) is 3.99. The number of amidine groups is 1. The first-order chi connectivity index (χ1) is 6.29. The van der Waals surface area contributed by atoms with E-state index in [1.165, 1.54) is 0 Å². The minimum Gasteiger partial charge on any atom is -0.388 e. The van der Waals surface area contributed by atoms with Gasteiger partial charge in [-0.2, -0.15) is 0 Å². The molecule has 0 fully saturated rings. The van der Waals surface area contributed by atoms with Crippen molar-refractivity contribution in [1.82, 2.24) is 0 Å². The number of ether oxygens (including phenoxy) is 1. The van der Waals surface area contributed by atoms with Crippen LogP contribution in [0, 0.1) is 5.41 Å². The first-order valence-corrected chi connectivity index (χ1v) is 4.23. The van der Waals surface area contributed by atoms with Gasteiger partial charge in [0.25, 0.3) is 0 Å². The summed E-state index contributed by atoms with van der Waals surface area (Å²) in [6, 6.07) is 9.94. The van der Waals surface area contributed by atoms with Gasteiger partial charge in [-0.05, 0) is 5.56 Å². The first-order valence-electron chi connectivity index (χ1n) is 4.23. The first kappa shape index (κ1) is 9.74. The fourth-order valence-corrected chi connectivity index (χ4v) is 0.946. The molecule has 0 bridgehead atoms. The third-order valence-electron chi connectivity index (χ3n) is 1.63. The summed E-state index contributed by atoms with van der Waals surface area (Å²) in [6.45, 7) is 1.11. The Morgan fingerprint density at radius 1 is 1.31 bits per heavy atom. The van der Waals surface area contributed by atoms with Crippen LogP contribution in [-0.2, 0) is 11.3 Å². The highest BCUT2D eigenvalue weighted by Gasteiger charge is 1.92. The Bertz CT molecular complexity index is 259. The Hall–Kier alpha value is -1.35. The van der Waals surface area contributed by atoms with Gasteiger partial charge in [0.1, 0.15) is 0 Å². The third kappa shape index (κ3) is 4.28. The quantitative estimate of drug-likeness (QED) is 0.408. The molecule has 13 heavy (non-hydrogen) atoms. The highest BCUT2D eigenvalue weighted by Crippen LogP contribution is 2.00. The van der Waals surface area contributed by atoms with Crippen molar-refractivity contribution >= 4 is 5.84 Å². The van der Waals surface area contributed by atoms with E-state index in [1.807, 2.05) is 30.3 Å². The maximum absolute atomic E-state index is 6.98. The van der Waals surface area contributed by atoms with Gasteiger partial charge in [-0.3, -0.25) is 5.41 Å². The molecule has 1 aromatic rings. The predicted molar refractivity (Wildman–Crippen MR) is 52.6 cm³/mol. The zero-order valence-electron chi connectivity index (χ0n) is 7.49. The largest absolute Gasteiger partial charge is 0.388 e. The van der Waals surface area contributed by atoms with Crippen molar-refractivity contribution in [3.05, 3.63) is 35.9 Å². The molecule has 0 aromatic heterocycles. The predicted octanol–water partition coefficient (Wildman–Crippen LogP) is 1.53. The van der Waals surface area contributed by atoms with Crippen LogP contribution in [0.3, 0.4) is 0 Å². The van der Waals surface area contributed by atoms with E-state index in [0.29, 0.717) is 19.6 Å². The topological polar surface area (TPSA) is 59.1 Å². The van der Waals surface area contributed by atoms with Gasteiger partial charge in [0.15, 0.2) is 0 Å². The monoisotopic (exact) mass is 178 g/mol. The summed E-state index contributed by atoms with van der Waals surface area (Å²) >= 11 is 0. The summed E-state index contributed by atoms with van der Waals surface area (Å²) in [5, 5.41) is 6.98. The minimum absolute atomic E-state index is 0.174. The lowest BCUT2D eigenvalue weighted by molar-refractivity contribution is 0.127. The smallest absolute Gasteiger partial charge is 0.0928 e. The summed E-state index contributed by atoms with van der Waals surface area (Å²) in [6.07, 6.45) is 0.507. The van der Waals surface area contributed by atoms with Gasteiger partial charge in [-0.1, -0.05) is 30.3 Å². The molecule has 0 spiro atoms. The van der Waals surface area contributed by atoms with Crippen molar-refractivity contribution in [3.8, 4) is 0 Å². The molecule has 0 atom stereocenters. The average molecular weight is 178 g/mol. The van der Waals surface area contributed by atoms with E-state index in [1.54, 1.807) is 0 Å². The van der Waals surface area contributed by atoms with E-state index in [2.05, 4.69) is 0 Å². The second-order valence-electron chi connectivity index (χ2n) is 2.81. The molecular formula is C10H14N2O. The standard InChI is InChI=1S/C10H14N2O/c11-10(12)6-7-13-8-9-4-2-1-3-5-9/h1-5H,6-8H2,(H3,11,12).